The number of rotatable bonds is 6. The monoisotopic (exact) mass is 303 g/mol. The van der Waals surface area contributed by atoms with Gasteiger partial charge in [-0.3, -0.25) is 14.9 Å². The Bertz CT molecular complexity index is 480. The van der Waals surface area contributed by atoms with Crippen molar-refractivity contribution >= 4 is 24.0 Å². The second-order valence-electron chi connectivity index (χ2n) is 4.29. The minimum Gasteiger partial charge on any atom is -0.391 e. The molecule has 1 aromatic carbocycles. The van der Waals surface area contributed by atoms with Crippen molar-refractivity contribution in [1.82, 2.24) is 10.2 Å². The van der Waals surface area contributed by atoms with Crippen LogP contribution in [0.25, 0.3) is 0 Å². The first-order chi connectivity index (χ1) is 8.97. The van der Waals surface area contributed by atoms with E-state index >= 15 is 0 Å². The molecule has 0 aliphatic rings. The van der Waals surface area contributed by atoms with Gasteiger partial charge >= 0.3 is 0 Å². The molecule has 0 aliphatic heterocycles. The Kier molecular flexibility index (Phi) is 7.75. The highest BCUT2D eigenvalue weighted by Gasteiger charge is 2.23. The molecule has 0 radical (unpaired) electrons. The zero-order chi connectivity index (χ0) is 14.4. The molecule has 1 aromatic rings. The van der Waals surface area contributed by atoms with E-state index < -0.39 is 17.4 Å². The lowest BCUT2D eigenvalue weighted by molar-refractivity contribution is -0.386. The summed E-state index contributed by atoms with van der Waals surface area (Å²) in [5, 5.41) is 22.7. The molecular formula is C12H18ClN3O4. The SMILES string of the molecule is CN(C)CCNC(=O)c1cccc(CO)c1[N+](=O)[O-].Cl. The van der Waals surface area contributed by atoms with Gasteiger partial charge < -0.3 is 15.3 Å². The molecule has 0 atom stereocenters. The van der Waals surface area contributed by atoms with E-state index in [2.05, 4.69) is 5.32 Å². The normalized spacial score (nSPS) is 10.0. The maximum atomic E-state index is 11.9. The number of carbonyl (C=O) groups excluding carboxylic acids is 1. The summed E-state index contributed by atoms with van der Waals surface area (Å²) in [5.74, 6) is -0.510. The number of aliphatic hydroxyl groups is 1. The molecule has 0 saturated heterocycles. The molecular weight excluding hydrogens is 286 g/mol. The zero-order valence-electron chi connectivity index (χ0n) is 11.3. The number of nitrogens with one attached hydrogen (secondary N) is 1. The van der Waals surface area contributed by atoms with Crippen LogP contribution in [0.3, 0.4) is 0 Å². The quantitative estimate of drug-likeness (QED) is 0.598. The van der Waals surface area contributed by atoms with Crippen LogP contribution >= 0.6 is 12.4 Å². The lowest BCUT2D eigenvalue weighted by atomic mass is 10.1. The summed E-state index contributed by atoms with van der Waals surface area (Å²) < 4.78 is 0. The molecule has 8 heteroatoms. The van der Waals surface area contributed by atoms with Crippen LogP contribution in [0.1, 0.15) is 15.9 Å². The third kappa shape index (κ3) is 4.76. The number of benzene rings is 1. The molecule has 7 nitrogen and oxygen atoms in total. The molecule has 20 heavy (non-hydrogen) atoms. The highest BCUT2D eigenvalue weighted by atomic mass is 35.5. The van der Waals surface area contributed by atoms with E-state index in [1.165, 1.54) is 18.2 Å². The number of nitro benzene ring substituents is 1. The number of para-hydroxylation sites is 1. The van der Waals surface area contributed by atoms with Crippen molar-refractivity contribution in [2.45, 2.75) is 6.61 Å². The molecule has 0 heterocycles. The maximum absolute atomic E-state index is 11.9. The van der Waals surface area contributed by atoms with Crippen LogP contribution < -0.4 is 5.32 Å². The molecule has 0 fully saturated rings. The number of amides is 1. The van der Waals surface area contributed by atoms with Gasteiger partial charge in [-0.1, -0.05) is 6.07 Å². The summed E-state index contributed by atoms with van der Waals surface area (Å²) in [6, 6.07) is 4.32. The van der Waals surface area contributed by atoms with E-state index in [4.69, 9.17) is 5.11 Å². The van der Waals surface area contributed by atoms with Gasteiger partial charge in [0.1, 0.15) is 5.56 Å². The van der Waals surface area contributed by atoms with Crippen LogP contribution in [0.5, 0.6) is 0 Å². The topological polar surface area (TPSA) is 95.7 Å². The number of hydrogen-bond donors (Lipinski definition) is 2. The number of halogens is 1. The van der Waals surface area contributed by atoms with Crippen LogP contribution in [0.15, 0.2) is 18.2 Å². The summed E-state index contributed by atoms with van der Waals surface area (Å²) in [5.41, 5.74) is -0.243. The van der Waals surface area contributed by atoms with Gasteiger partial charge in [0, 0.05) is 13.1 Å². The van der Waals surface area contributed by atoms with E-state index in [1.807, 2.05) is 19.0 Å². The average molecular weight is 304 g/mol. The highest BCUT2D eigenvalue weighted by molar-refractivity contribution is 5.98. The second kappa shape index (κ2) is 8.47. The molecule has 0 aromatic heterocycles. The molecule has 1 rings (SSSR count). The molecule has 0 aliphatic carbocycles. The maximum Gasteiger partial charge on any atom is 0.287 e. The highest BCUT2D eigenvalue weighted by Crippen LogP contribution is 2.23. The molecule has 0 saturated carbocycles. The van der Waals surface area contributed by atoms with Crippen molar-refractivity contribution in [3.8, 4) is 0 Å². The molecule has 0 bridgehead atoms. The predicted molar refractivity (Wildman–Crippen MR) is 77.2 cm³/mol. The number of likely N-dealkylation sites (N-methyl/N-ethyl adjacent to an activating group) is 1. The van der Waals surface area contributed by atoms with Crippen molar-refractivity contribution in [3.05, 3.63) is 39.4 Å². The van der Waals surface area contributed by atoms with Crippen LogP contribution in [0.4, 0.5) is 5.69 Å². The van der Waals surface area contributed by atoms with E-state index in [-0.39, 0.29) is 29.2 Å². The minimum atomic E-state index is -0.646. The van der Waals surface area contributed by atoms with Crippen LogP contribution in [-0.2, 0) is 6.61 Å². The molecule has 112 valence electrons. The fourth-order valence-electron chi connectivity index (χ4n) is 1.61. The largest absolute Gasteiger partial charge is 0.391 e. The Morgan fingerprint density at radius 3 is 2.60 bits per heavy atom. The number of nitrogens with zero attached hydrogens (tertiary/aromatic N) is 2. The van der Waals surface area contributed by atoms with Gasteiger partial charge in [0.05, 0.1) is 17.1 Å². The fraction of sp³-hybridized carbons (Fsp3) is 0.417. The Hall–Kier alpha value is -1.70. The number of hydrogen-bond acceptors (Lipinski definition) is 5. The Labute approximate surface area is 123 Å². The van der Waals surface area contributed by atoms with Crippen LogP contribution in [-0.4, -0.2) is 48.0 Å². The lowest BCUT2D eigenvalue weighted by Gasteiger charge is -2.11. The lowest BCUT2D eigenvalue weighted by Crippen LogP contribution is -2.31. The van der Waals surface area contributed by atoms with E-state index in [0.717, 1.165) is 0 Å². The van der Waals surface area contributed by atoms with Gasteiger partial charge in [0.2, 0.25) is 0 Å². The van der Waals surface area contributed by atoms with Crippen molar-refractivity contribution in [2.24, 2.45) is 0 Å². The van der Waals surface area contributed by atoms with Gasteiger partial charge in [0.25, 0.3) is 11.6 Å². The van der Waals surface area contributed by atoms with Gasteiger partial charge in [-0.05, 0) is 26.2 Å². The summed E-state index contributed by atoms with van der Waals surface area (Å²) in [7, 11) is 3.72. The third-order valence-corrected chi connectivity index (χ3v) is 2.56. The number of carbonyl (C=O) groups is 1. The summed E-state index contributed by atoms with van der Waals surface area (Å²) in [6.07, 6.45) is 0. The van der Waals surface area contributed by atoms with E-state index in [0.29, 0.717) is 13.1 Å². The Balaban J connectivity index is 0.00000361. The smallest absolute Gasteiger partial charge is 0.287 e. The average Bonchev–Trinajstić information content (AvgIpc) is 2.36. The van der Waals surface area contributed by atoms with Gasteiger partial charge in [-0.2, -0.15) is 0 Å². The summed E-state index contributed by atoms with van der Waals surface area (Å²) in [6.45, 7) is 0.556. The molecule has 0 unspecified atom stereocenters. The first-order valence-corrected chi connectivity index (χ1v) is 5.77. The fourth-order valence-corrected chi connectivity index (χ4v) is 1.61. The summed E-state index contributed by atoms with van der Waals surface area (Å²) >= 11 is 0. The van der Waals surface area contributed by atoms with Crippen molar-refractivity contribution < 1.29 is 14.8 Å². The Morgan fingerprint density at radius 2 is 2.10 bits per heavy atom. The second-order valence-corrected chi connectivity index (χ2v) is 4.29. The predicted octanol–water partition coefficient (Wildman–Crippen LogP) is 0.800. The minimum absolute atomic E-state index is 0. The first-order valence-electron chi connectivity index (χ1n) is 5.77. The van der Waals surface area contributed by atoms with Gasteiger partial charge in [-0.25, -0.2) is 0 Å². The van der Waals surface area contributed by atoms with Gasteiger partial charge in [-0.15, -0.1) is 12.4 Å². The zero-order valence-corrected chi connectivity index (χ0v) is 12.1. The van der Waals surface area contributed by atoms with Gasteiger partial charge in [0.15, 0.2) is 0 Å². The van der Waals surface area contributed by atoms with Crippen LogP contribution in [0.2, 0.25) is 0 Å². The number of aliphatic hydroxyl groups excluding tert-OH is 1. The van der Waals surface area contributed by atoms with Crippen molar-refractivity contribution in [3.63, 3.8) is 0 Å². The van der Waals surface area contributed by atoms with Crippen LogP contribution in [0, 0.1) is 10.1 Å². The summed E-state index contributed by atoms with van der Waals surface area (Å²) in [4.78, 5) is 24.1. The molecule has 0 spiro atoms. The number of nitro groups is 1. The van der Waals surface area contributed by atoms with Crippen molar-refractivity contribution in [2.75, 3.05) is 27.2 Å². The van der Waals surface area contributed by atoms with Crippen molar-refractivity contribution in [1.29, 1.82) is 0 Å². The van der Waals surface area contributed by atoms with E-state index in [9.17, 15) is 14.9 Å². The standard InChI is InChI=1S/C12H17N3O4.ClH/c1-14(2)7-6-13-12(17)10-5-3-4-9(8-16)11(10)15(18)19;/h3-5,16H,6-8H2,1-2H3,(H,13,17);1H. The molecule has 1 amide bonds. The Morgan fingerprint density at radius 1 is 1.45 bits per heavy atom. The molecule has 2 N–H and O–H groups in total. The van der Waals surface area contributed by atoms with E-state index in [1.54, 1.807) is 0 Å². The first kappa shape index (κ1) is 18.3. The third-order valence-electron chi connectivity index (χ3n) is 2.56.